The third kappa shape index (κ3) is 4.72. The minimum atomic E-state index is -0.254. The maximum Gasteiger partial charge on any atom is 0.255 e. The second kappa shape index (κ2) is 8.66. The van der Waals surface area contributed by atoms with Gasteiger partial charge in [-0.3, -0.25) is 9.78 Å². The lowest BCUT2D eigenvalue weighted by Crippen LogP contribution is -2.12. The average Bonchev–Trinajstić information content (AvgIpc) is 2.73. The van der Waals surface area contributed by atoms with E-state index >= 15 is 0 Å². The van der Waals surface area contributed by atoms with Crippen LogP contribution >= 0.6 is 0 Å². The Hall–Kier alpha value is -3.61. The van der Waals surface area contributed by atoms with E-state index in [-0.39, 0.29) is 5.91 Å². The Morgan fingerprint density at radius 3 is 2.44 bits per heavy atom. The molecule has 7 nitrogen and oxygen atoms in total. The molecule has 0 atom stereocenters. The first-order chi connectivity index (χ1) is 13.2. The molecule has 1 amide bonds. The highest BCUT2D eigenvalue weighted by molar-refractivity contribution is 6.04. The number of amides is 1. The number of hydrogen-bond acceptors (Lipinski definition) is 6. The molecule has 0 saturated carbocycles. The molecule has 0 unspecified atom stereocenters. The monoisotopic (exact) mass is 364 g/mol. The number of pyridine rings is 2. The van der Waals surface area contributed by atoms with Gasteiger partial charge in [-0.05, 0) is 48.0 Å². The highest BCUT2D eigenvalue weighted by Crippen LogP contribution is 2.27. The fourth-order valence-corrected chi connectivity index (χ4v) is 2.45. The lowest BCUT2D eigenvalue weighted by molar-refractivity contribution is 0.102. The van der Waals surface area contributed by atoms with Crippen molar-refractivity contribution in [2.45, 2.75) is 6.54 Å². The number of nitrogens with one attached hydrogen (secondary N) is 2. The first kappa shape index (κ1) is 18.2. The van der Waals surface area contributed by atoms with Crippen molar-refractivity contribution in [3.8, 4) is 11.5 Å². The summed E-state index contributed by atoms with van der Waals surface area (Å²) in [6, 6.07) is 12.5. The summed E-state index contributed by atoms with van der Waals surface area (Å²) in [5.74, 6) is 1.53. The van der Waals surface area contributed by atoms with Crippen molar-refractivity contribution in [2.24, 2.45) is 0 Å². The van der Waals surface area contributed by atoms with E-state index in [1.807, 2.05) is 18.2 Å². The van der Waals surface area contributed by atoms with Gasteiger partial charge in [0.05, 0.1) is 26.1 Å². The van der Waals surface area contributed by atoms with Crippen molar-refractivity contribution >= 4 is 17.4 Å². The summed E-state index contributed by atoms with van der Waals surface area (Å²) in [5.41, 5.74) is 2.18. The van der Waals surface area contributed by atoms with Gasteiger partial charge in [-0.2, -0.15) is 0 Å². The number of nitrogens with zero attached hydrogens (tertiary/aromatic N) is 2. The molecule has 0 aliphatic rings. The smallest absolute Gasteiger partial charge is 0.255 e. The van der Waals surface area contributed by atoms with Crippen molar-refractivity contribution < 1.29 is 14.3 Å². The maximum atomic E-state index is 12.4. The molecule has 0 saturated heterocycles. The summed E-state index contributed by atoms with van der Waals surface area (Å²) in [7, 11) is 3.08. The van der Waals surface area contributed by atoms with Crippen molar-refractivity contribution in [1.82, 2.24) is 9.97 Å². The number of carbonyl (C=O) groups excluding carboxylic acids is 1. The second-order valence-electron chi connectivity index (χ2n) is 5.67. The third-order valence-corrected chi connectivity index (χ3v) is 3.89. The SMILES string of the molecule is COc1ccc(C(=O)Nc2ccc(NCc3ccncc3)nc2)cc1OC. The molecular weight excluding hydrogens is 344 g/mol. The topological polar surface area (TPSA) is 85.4 Å². The number of hydrogen-bond donors (Lipinski definition) is 2. The van der Waals surface area contributed by atoms with E-state index in [0.29, 0.717) is 29.3 Å². The molecule has 0 fully saturated rings. The number of rotatable bonds is 7. The van der Waals surface area contributed by atoms with Crippen LogP contribution in [0.5, 0.6) is 11.5 Å². The molecule has 0 bridgehead atoms. The molecular formula is C20H20N4O3. The fraction of sp³-hybridized carbons (Fsp3) is 0.150. The summed E-state index contributed by atoms with van der Waals surface area (Å²) < 4.78 is 10.4. The van der Waals surface area contributed by atoms with Crippen LogP contribution in [0.1, 0.15) is 15.9 Å². The van der Waals surface area contributed by atoms with Crippen LogP contribution in [0.15, 0.2) is 61.1 Å². The van der Waals surface area contributed by atoms with E-state index in [0.717, 1.165) is 11.4 Å². The first-order valence-electron chi connectivity index (χ1n) is 8.32. The van der Waals surface area contributed by atoms with E-state index < -0.39 is 0 Å². The van der Waals surface area contributed by atoms with Crippen molar-refractivity contribution in [3.05, 3.63) is 72.2 Å². The van der Waals surface area contributed by atoms with Crippen LogP contribution in [-0.2, 0) is 6.54 Å². The van der Waals surface area contributed by atoms with Gasteiger partial charge in [-0.1, -0.05) is 0 Å². The van der Waals surface area contributed by atoms with Gasteiger partial charge in [0.25, 0.3) is 5.91 Å². The molecule has 0 aliphatic carbocycles. The van der Waals surface area contributed by atoms with Gasteiger partial charge in [-0.25, -0.2) is 4.98 Å². The Balaban J connectivity index is 1.61. The fourth-order valence-electron chi connectivity index (χ4n) is 2.45. The minimum Gasteiger partial charge on any atom is -0.493 e. The minimum absolute atomic E-state index is 0.254. The lowest BCUT2D eigenvalue weighted by atomic mass is 10.2. The van der Waals surface area contributed by atoms with Crippen LogP contribution in [0, 0.1) is 0 Å². The molecule has 2 heterocycles. The van der Waals surface area contributed by atoms with Gasteiger partial charge in [0.15, 0.2) is 11.5 Å². The highest BCUT2D eigenvalue weighted by Gasteiger charge is 2.11. The van der Waals surface area contributed by atoms with E-state index in [1.165, 1.54) is 7.11 Å². The van der Waals surface area contributed by atoms with Crippen molar-refractivity contribution in [3.63, 3.8) is 0 Å². The number of anilines is 2. The van der Waals surface area contributed by atoms with Gasteiger partial charge in [-0.15, -0.1) is 0 Å². The lowest BCUT2D eigenvalue weighted by Gasteiger charge is -2.10. The number of aromatic nitrogens is 2. The number of methoxy groups -OCH3 is 2. The van der Waals surface area contributed by atoms with E-state index in [1.54, 1.807) is 50.0 Å². The molecule has 3 aromatic rings. The van der Waals surface area contributed by atoms with Gasteiger partial charge in [0, 0.05) is 24.5 Å². The van der Waals surface area contributed by atoms with Gasteiger partial charge in [0.2, 0.25) is 0 Å². The van der Waals surface area contributed by atoms with Crippen LogP contribution < -0.4 is 20.1 Å². The zero-order valence-corrected chi connectivity index (χ0v) is 15.1. The Morgan fingerprint density at radius 2 is 1.78 bits per heavy atom. The summed E-state index contributed by atoms with van der Waals surface area (Å²) in [6.07, 6.45) is 5.10. The van der Waals surface area contributed by atoms with Crippen molar-refractivity contribution in [1.29, 1.82) is 0 Å². The highest BCUT2D eigenvalue weighted by atomic mass is 16.5. The molecule has 3 rings (SSSR count). The zero-order chi connectivity index (χ0) is 19.1. The second-order valence-corrected chi connectivity index (χ2v) is 5.67. The summed E-state index contributed by atoms with van der Waals surface area (Å²) in [5, 5.41) is 6.03. The molecule has 138 valence electrons. The Morgan fingerprint density at radius 1 is 1.00 bits per heavy atom. The summed E-state index contributed by atoms with van der Waals surface area (Å²) in [6.45, 7) is 0.646. The molecule has 0 radical (unpaired) electrons. The van der Waals surface area contributed by atoms with Gasteiger partial charge in [0.1, 0.15) is 5.82 Å². The van der Waals surface area contributed by atoms with Gasteiger partial charge < -0.3 is 20.1 Å². The molecule has 2 aromatic heterocycles. The molecule has 27 heavy (non-hydrogen) atoms. The van der Waals surface area contributed by atoms with Crippen LogP contribution in [-0.4, -0.2) is 30.1 Å². The standard InChI is InChI=1S/C20H20N4O3/c1-26-17-5-3-15(11-18(17)27-2)20(25)24-16-4-6-19(23-13-16)22-12-14-7-9-21-10-8-14/h3-11,13H,12H2,1-2H3,(H,22,23)(H,24,25). The van der Waals surface area contributed by atoms with Crippen LogP contribution in [0.2, 0.25) is 0 Å². The molecule has 0 aliphatic heterocycles. The average molecular weight is 364 g/mol. The molecule has 1 aromatic carbocycles. The zero-order valence-electron chi connectivity index (χ0n) is 15.1. The quantitative estimate of drug-likeness (QED) is 0.669. The third-order valence-electron chi connectivity index (χ3n) is 3.89. The van der Waals surface area contributed by atoms with E-state index in [2.05, 4.69) is 20.6 Å². The number of benzene rings is 1. The summed E-state index contributed by atoms with van der Waals surface area (Å²) in [4.78, 5) is 20.7. The molecule has 2 N–H and O–H groups in total. The molecule has 0 spiro atoms. The molecule has 7 heteroatoms. The first-order valence-corrected chi connectivity index (χ1v) is 8.32. The van der Waals surface area contributed by atoms with E-state index in [9.17, 15) is 4.79 Å². The van der Waals surface area contributed by atoms with Crippen LogP contribution in [0.25, 0.3) is 0 Å². The Kier molecular flexibility index (Phi) is 5.84. The van der Waals surface area contributed by atoms with Crippen LogP contribution in [0.3, 0.4) is 0 Å². The number of carbonyl (C=O) groups is 1. The normalized spacial score (nSPS) is 10.1. The predicted octanol–water partition coefficient (Wildman–Crippen LogP) is 3.36. The Labute approximate surface area is 157 Å². The summed E-state index contributed by atoms with van der Waals surface area (Å²) >= 11 is 0. The number of ether oxygens (including phenoxy) is 2. The maximum absolute atomic E-state index is 12.4. The van der Waals surface area contributed by atoms with E-state index in [4.69, 9.17) is 9.47 Å². The van der Waals surface area contributed by atoms with Crippen LogP contribution in [0.4, 0.5) is 11.5 Å². The Bertz CT molecular complexity index is 899. The van der Waals surface area contributed by atoms with Crippen molar-refractivity contribution in [2.75, 3.05) is 24.9 Å². The predicted molar refractivity (Wildman–Crippen MR) is 103 cm³/mol. The largest absolute Gasteiger partial charge is 0.493 e. The van der Waals surface area contributed by atoms with Gasteiger partial charge >= 0.3 is 0 Å².